The third-order valence-corrected chi connectivity index (χ3v) is 6.33. The average Bonchev–Trinajstić information content (AvgIpc) is 3.67. The molecular formula is C25H30F2N6O2. The van der Waals surface area contributed by atoms with Crippen molar-refractivity contribution in [1.82, 2.24) is 15.6 Å². The minimum absolute atomic E-state index is 0.0608. The Morgan fingerprint density at radius 2 is 2.09 bits per heavy atom. The summed E-state index contributed by atoms with van der Waals surface area (Å²) in [6.45, 7) is 3.66. The van der Waals surface area contributed by atoms with Gasteiger partial charge in [-0.2, -0.15) is 8.78 Å². The largest absolute Gasteiger partial charge is 0.376 e. The number of carbonyl (C=O) groups excluding carboxylic acids is 2. The summed E-state index contributed by atoms with van der Waals surface area (Å²) >= 11 is 0. The number of nitrogens with one attached hydrogen (secondary N) is 4. The van der Waals surface area contributed by atoms with E-state index in [-0.39, 0.29) is 12.5 Å². The molecule has 2 heterocycles. The topological polar surface area (TPSA) is 110 Å². The van der Waals surface area contributed by atoms with Crippen molar-refractivity contribution in [2.24, 2.45) is 0 Å². The van der Waals surface area contributed by atoms with Crippen molar-refractivity contribution < 1.29 is 18.4 Å². The van der Waals surface area contributed by atoms with E-state index in [0.717, 1.165) is 29.8 Å². The Morgan fingerprint density at radius 1 is 1.31 bits per heavy atom. The van der Waals surface area contributed by atoms with Gasteiger partial charge in [0.15, 0.2) is 0 Å². The minimum Gasteiger partial charge on any atom is -0.376 e. The third-order valence-electron chi connectivity index (χ3n) is 6.33. The molecule has 10 heteroatoms. The van der Waals surface area contributed by atoms with Crippen molar-refractivity contribution in [3.05, 3.63) is 53.3 Å². The summed E-state index contributed by atoms with van der Waals surface area (Å²) in [4.78, 5) is 30.3. The van der Waals surface area contributed by atoms with Crippen molar-refractivity contribution in [1.29, 1.82) is 5.41 Å². The minimum atomic E-state index is -3.50. The number of nitrogens with zero attached hydrogens (tertiary/aromatic N) is 2. The van der Waals surface area contributed by atoms with E-state index in [9.17, 15) is 18.4 Å². The fourth-order valence-electron chi connectivity index (χ4n) is 4.16. The zero-order valence-corrected chi connectivity index (χ0v) is 19.8. The number of alkyl halides is 2. The SMILES string of the molecule is CC(NC(=O)C(C)(F)F)[C@H](Nc1ccc(N2CCNC(=O)C2)cc1C=N)c1ccc(C2CC2)nc1. The normalized spacial score (nSPS) is 17.8. The van der Waals surface area contributed by atoms with E-state index in [1.165, 1.54) is 6.21 Å². The van der Waals surface area contributed by atoms with E-state index in [1.807, 2.05) is 29.2 Å². The zero-order valence-electron chi connectivity index (χ0n) is 19.8. The number of amides is 2. The number of hydrogen-bond donors (Lipinski definition) is 4. The first-order valence-corrected chi connectivity index (χ1v) is 11.7. The van der Waals surface area contributed by atoms with E-state index in [0.29, 0.717) is 37.2 Å². The highest BCUT2D eigenvalue weighted by atomic mass is 19.3. The van der Waals surface area contributed by atoms with Crippen LogP contribution in [0.2, 0.25) is 0 Å². The van der Waals surface area contributed by atoms with Gasteiger partial charge in [-0.3, -0.25) is 14.6 Å². The Labute approximate surface area is 203 Å². The van der Waals surface area contributed by atoms with Crippen LogP contribution >= 0.6 is 0 Å². The second kappa shape index (κ2) is 9.97. The van der Waals surface area contributed by atoms with Crippen molar-refractivity contribution in [3.63, 3.8) is 0 Å². The summed E-state index contributed by atoms with van der Waals surface area (Å²) in [6.07, 6.45) is 5.13. The lowest BCUT2D eigenvalue weighted by Crippen LogP contribution is -2.47. The van der Waals surface area contributed by atoms with Gasteiger partial charge in [0.25, 0.3) is 5.91 Å². The van der Waals surface area contributed by atoms with Gasteiger partial charge in [-0.25, -0.2) is 0 Å². The summed E-state index contributed by atoms with van der Waals surface area (Å²) in [6, 6.07) is 8.01. The van der Waals surface area contributed by atoms with E-state index in [1.54, 1.807) is 19.2 Å². The maximum atomic E-state index is 13.6. The van der Waals surface area contributed by atoms with Gasteiger partial charge in [0, 0.05) is 61.0 Å². The first-order chi connectivity index (χ1) is 16.7. The fraction of sp³-hybridized carbons (Fsp3) is 0.440. The predicted molar refractivity (Wildman–Crippen MR) is 130 cm³/mol. The highest BCUT2D eigenvalue weighted by Gasteiger charge is 2.35. The molecule has 1 saturated carbocycles. The molecule has 2 atom stereocenters. The average molecular weight is 485 g/mol. The van der Waals surface area contributed by atoms with Gasteiger partial charge in [-0.1, -0.05) is 6.07 Å². The lowest BCUT2D eigenvalue weighted by atomic mass is 9.99. The fourth-order valence-corrected chi connectivity index (χ4v) is 4.16. The van der Waals surface area contributed by atoms with E-state index >= 15 is 0 Å². The predicted octanol–water partition coefficient (Wildman–Crippen LogP) is 3.21. The van der Waals surface area contributed by atoms with Crippen LogP contribution in [0.5, 0.6) is 0 Å². The lowest BCUT2D eigenvalue weighted by Gasteiger charge is -2.31. The van der Waals surface area contributed by atoms with Crippen LogP contribution in [0.1, 0.15) is 55.5 Å². The van der Waals surface area contributed by atoms with Gasteiger partial charge in [-0.15, -0.1) is 0 Å². The number of pyridine rings is 1. The van der Waals surface area contributed by atoms with Crippen LogP contribution in [0.15, 0.2) is 36.5 Å². The molecule has 0 radical (unpaired) electrons. The molecule has 1 saturated heterocycles. The maximum Gasteiger partial charge on any atom is 0.321 e. The highest BCUT2D eigenvalue weighted by Crippen LogP contribution is 2.39. The third kappa shape index (κ3) is 5.93. The Kier molecular flexibility index (Phi) is 7.00. The van der Waals surface area contributed by atoms with Gasteiger partial charge in [0.2, 0.25) is 5.91 Å². The van der Waals surface area contributed by atoms with Gasteiger partial charge < -0.3 is 26.3 Å². The molecule has 1 aliphatic heterocycles. The van der Waals surface area contributed by atoms with Gasteiger partial charge in [-0.05, 0) is 49.6 Å². The standard InChI is InChI=1S/C25H30F2N6O2/c1-15(31-24(35)25(2,26)27)23(17-5-7-20(30-13-17)16-3-4-16)32-21-8-6-19(11-18(21)12-28)33-10-9-29-22(34)14-33/h5-8,11-13,15-16,23,28,32H,3-4,9-10,14H2,1-2H3,(H,29,34)(H,31,35)/t15?,23-/m0/s1. The Bertz CT molecular complexity index is 1100. The van der Waals surface area contributed by atoms with Crippen LogP contribution in [-0.2, 0) is 9.59 Å². The van der Waals surface area contributed by atoms with E-state index in [4.69, 9.17) is 5.41 Å². The van der Waals surface area contributed by atoms with Crippen molar-refractivity contribution >= 4 is 29.4 Å². The molecule has 2 amide bonds. The molecule has 186 valence electrons. The molecule has 2 aliphatic rings. The number of rotatable bonds is 9. The van der Waals surface area contributed by atoms with Crippen LogP contribution in [0, 0.1) is 5.41 Å². The number of hydrogen-bond acceptors (Lipinski definition) is 6. The monoisotopic (exact) mass is 484 g/mol. The number of anilines is 2. The summed E-state index contributed by atoms with van der Waals surface area (Å²) in [5, 5.41) is 16.4. The van der Waals surface area contributed by atoms with Gasteiger partial charge in [0.05, 0.1) is 18.6 Å². The molecule has 1 aliphatic carbocycles. The molecular weight excluding hydrogens is 454 g/mol. The molecule has 0 spiro atoms. The summed E-state index contributed by atoms with van der Waals surface area (Å²) < 4.78 is 27.2. The smallest absolute Gasteiger partial charge is 0.321 e. The van der Waals surface area contributed by atoms with Crippen molar-refractivity contribution in [2.45, 2.75) is 50.6 Å². The molecule has 4 N–H and O–H groups in total. The number of halogens is 2. The molecule has 0 bridgehead atoms. The van der Waals surface area contributed by atoms with Crippen LogP contribution < -0.4 is 20.9 Å². The number of benzene rings is 1. The Balaban J connectivity index is 1.60. The summed E-state index contributed by atoms with van der Waals surface area (Å²) in [5.74, 6) is -4.45. The molecule has 8 nitrogen and oxygen atoms in total. The van der Waals surface area contributed by atoms with E-state index in [2.05, 4.69) is 20.9 Å². The summed E-state index contributed by atoms with van der Waals surface area (Å²) in [5.41, 5.74) is 3.71. The van der Waals surface area contributed by atoms with E-state index < -0.39 is 23.9 Å². The number of aromatic nitrogens is 1. The Hall–Kier alpha value is -3.56. The molecule has 1 aromatic carbocycles. The quantitative estimate of drug-likeness (QED) is 0.409. The molecule has 2 aromatic rings. The first-order valence-electron chi connectivity index (χ1n) is 11.7. The first kappa shape index (κ1) is 24.6. The second-order valence-corrected chi connectivity index (χ2v) is 9.25. The number of piperazine rings is 1. The zero-order chi connectivity index (χ0) is 25.2. The second-order valence-electron chi connectivity index (χ2n) is 9.25. The Morgan fingerprint density at radius 3 is 2.69 bits per heavy atom. The van der Waals surface area contributed by atoms with Gasteiger partial charge >= 0.3 is 5.92 Å². The molecule has 1 aromatic heterocycles. The van der Waals surface area contributed by atoms with Crippen LogP contribution in [0.25, 0.3) is 0 Å². The maximum absolute atomic E-state index is 13.6. The molecule has 35 heavy (non-hydrogen) atoms. The summed E-state index contributed by atoms with van der Waals surface area (Å²) in [7, 11) is 0. The molecule has 4 rings (SSSR count). The van der Waals surface area contributed by atoms with Crippen molar-refractivity contribution in [2.75, 3.05) is 29.9 Å². The van der Waals surface area contributed by atoms with Crippen LogP contribution in [-0.4, -0.2) is 54.6 Å². The molecule has 1 unspecified atom stereocenters. The van der Waals surface area contributed by atoms with Crippen LogP contribution in [0.3, 0.4) is 0 Å². The van der Waals surface area contributed by atoms with Crippen LogP contribution in [0.4, 0.5) is 20.2 Å². The van der Waals surface area contributed by atoms with Crippen molar-refractivity contribution in [3.8, 4) is 0 Å². The molecule has 2 fully saturated rings. The number of carbonyl (C=O) groups is 2. The van der Waals surface area contributed by atoms with Gasteiger partial charge in [0.1, 0.15) is 0 Å². The lowest BCUT2D eigenvalue weighted by molar-refractivity contribution is -0.143. The highest BCUT2D eigenvalue weighted by molar-refractivity contribution is 5.89.